The fourth-order valence-electron chi connectivity index (χ4n) is 3.89. The molecule has 0 bridgehead atoms. The van der Waals surface area contributed by atoms with Crippen molar-refractivity contribution in [3.8, 4) is 17.6 Å². The number of imide groups is 1. The summed E-state index contributed by atoms with van der Waals surface area (Å²) in [6, 6.07) is 10.2. The second-order valence-corrected chi connectivity index (χ2v) is 7.81. The number of hydrogen-bond donors (Lipinski definition) is 1. The first-order valence-corrected chi connectivity index (χ1v) is 9.67. The number of anilines is 1. The largest absolute Gasteiger partial charge is 0.493 e. The zero-order valence-electron chi connectivity index (χ0n) is 15.6. The van der Waals surface area contributed by atoms with Crippen molar-refractivity contribution < 1.29 is 23.5 Å². The summed E-state index contributed by atoms with van der Waals surface area (Å²) in [5, 5.41) is 17.2. The zero-order chi connectivity index (χ0) is 20.7. The third-order valence-electron chi connectivity index (χ3n) is 5.21. The van der Waals surface area contributed by atoms with E-state index in [0.29, 0.717) is 22.9 Å². The third-order valence-corrected chi connectivity index (χ3v) is 6.47. The molecular weight excluding hydrogens is 394 g/mol. The van der Waals surface area contributed by atoms with E-state index in [9.17, 15) is 14.9 Å². The maximum Gasteiger partial charge on any atom is 0.248 e. The fraction of sp³-hybridized carbons (Fsp3) is 0.300. The van der Waals surface area contributed by atoms with Crippen LogP contribution in [0.25, 0.3) is 0 Å². The lowest BCUT2D eigenvalue weighted by Crippen LogP contribution is -2.39. The molecule has 0 spiro atoms. The van der Waals surface area contributed by atoms with E-state index in [1.807, 2.05) is 0 Å². The van der Waals surface area contributed by atoms with Gasteiger partial charge in [0.2, 0.25) is 11.8 Å². The molecule has 9 heteroatoms. The molecule has 0 radical (unpaired) electrons. The van der Waals surface area contributed by atoms with Crippen molar-refractivity contribution in [3.05, 3.63) is 42.4 Å². The van der Waals surface area contributed by atoms with Gasteiger partial charge in [0.15, 0.2) is 11.5 Å². The van der Waals surface area contributed by atoms with Gasteiger partial charge in [0, 0.05) is 6.07 Å². The van der Waals surface area contributed by atoms with E-state index in [1.54, 1.807) is 30.3 Å². The SMILES string of the molecule is COc1ccc(N2C(=O)[C@H]3[C@H](c4ccco4)[C@H](C#N)C(=N)S[C@@H]3C2=O)cc1OC. The number of carbonyl (C=O) groups is 2. The Bertz CT molecular complexity index is 1030. The first-order chi connectivity index (χ1) is 14.0. The first kappa shape index (κ1) is 19.1. The van der Waals surface area contributed by atoms with Gasteiger partial charge in [-0.2, -0.15) is 5.26 Å². The Hall–Kier alpha value is -3.25. The molecule has 0 aliphatic carbocycles. The molecule has 4 rings (SSSR count). The molecule has 2 fully saturated rings. The molecule has 4 atom stereocenters. The van der Waals surface area contributed by atoms with Gasteiger partial charge in [0.25, 0.3) is 0 Å². The Morgan fingerprint density at radius 1 is 1.14 bits per heavy atom. The first-order valence-electron chi connectivity index (χ1n) is 8.79. The number of methoxy groups -OCH3 is 2. The van der Waals surface area contributed by atoms with Crippen LogP contribution in [-0.4, -0.2) is 36.3 Å². The minimum Gasteiger partial charge on any atom is -0.493 e. The molecule has 2 saturated heterocycles. The lowest BCUT2D eigenvalue weighted by atomic mass is 9.79. The molecule has 0 unspecified atom stereocenters. The summed E-state index contributed by atoms with van der Waals surface area (Å²) in [6.45, 7) is 0. The van der Waals surface area contributed by atoms with E-state index in [0.717, 1.165) is 16.7 Å². The van der Waals surface area contributed by atoms with Crippen LogP contribution >= 0.6 is 11.8 Å². The minimum atomic E-state index is -0.852. The maximum absolute atomic E-state index is 13.4. The van der Waals surface area contributed by atoms with Crippen molar-refractivity contribution in [1.29, 1.82) is 10.7 Å². The summed E-state index contributed by atoms with van der Waals surface area (Å²) in [5.74, 6) is -1.91. The van der Waals surface area contributed by atoms with Gasteiger partial charge in [0.05, 0.1) is 49.1 Å². The van der Waals surface area contributed by atoms with Crippen molar-refractivity contribution >= 4 is 34.3 Å². The topological polar surface area (TPSA) is 117 Å². The summed E-state index contributed by atoms with van der Waals surface area (Å²) in [5.41, 5.74) is 0.353. The summed E-state index contributed by atoms with van der Waals surface area (Å²) in [4.78, 5) is 27.6. The predicted octanol–water partition coefficient (Wildman–Crippen LogP) is 2.80. The highest BCUT2D eigenvalue weighted by Gasteiger charge is 2.59. The Kier molecular flexibility index (Phi) is 4.80. The number of ether oxygens (including phenoxy) is 2. The molecule has 8 nitrogen and oxygen atoms in total. The average Bonchev–Trinajstić information content (AvgIpc) is 3.34. The number of carbonyl (C=O) groups excluding carboxylic acids is 2. The molecule has 2 aliphatic heterocycles. The normalized spacial score (nSPS) is 26.2. The molecule has 2 amide bonds. The van der Waals surface area contributed by atoms with Crippen LogP contribution in [0.2, 0.25) is 0 Å². The number of thioether (sulfide) groups is 1. The maximum atomic E-state index is 13.4. The van der Waals surface area contributed by atoms with Crippen molar-refractivity contribution in [3.63, 3.8) is 0 Å². The van der Waals surface area contributed by atoms with Crippen LogP contribution < -0.4 is 14.4 Å². The number of nitrogens with zero attached hydrogens (tertiary/aromatic N) is 2. The second kappa shape index (κ2) is 7.29. The number of hydrogen-bond acceptors (Lipinski definition) is 8. The standard InChI is InChI=1S/C20H17N3O5S/c1-26-12-6-5-10(8-14(12)27-2)23-19(24)16-15(13-4-3-7-28-13)11(9-21)18(22)29-17(16)20(23)25/h3-8,11,15-17,22H,1-2H3/t11-,15-,16-,17-/m0/s1. The minimum absolute atomic E-state index is 0.0606. The molecule has 2 aromatic rings. The van der Waals surface area contributed by atoms with Crippen LogP contribution in [0.4, 0.5) is 5.69 Å². The van der Waals surface area contributed by atoms with Crippen LogP contribution in [0, 0.1) is 28.6 Å². The highest BCUT2D eigenvalue weighted by atomic mass is 32.2. The van der Waals surface area contributed by atoms with Crippen LogP contribution in [0.5, 0.6) is 11.5 Å². The van der Waals surface area contributed by atoms with Gasteiger partial charge in [-0.1, -0.05) is 11.8 Å². The molecule has 0 saturated carbocycles. The molecule has 29 heavy (non-hydrogen) atoms. The number of fused-ring (bicyclic) bond motifs is 1. The van der Waals surface area contributed by atoms with E-state index in [2.05, 4.69) is 6.07 Å². The van der Waals surface area contributed by atoms with E-state index < -0.39 is 34.8 Å². The number of rotatable bonds is 4. The van der Waals surface area contributed by atoms with Crippen LogP contribution in [0.1, 0.15) is 11.7 Å². The van der Waals surface area contributed by atoms with E-state index in [4.69, 9.17) is 19.3 Å². The lowest BCUT2D eigenvalue weighted by molar-refractivity contribution is -0.122. The third kappa shape index (κ3) is 2.87. The lowest BCUT2D eigenvalue weighted by Gasteiger charge is -2.32. The zero-order valence-corrected chi connectivity index (χ0v) is 16.4. The monoisotopic (exact) mass is 411 g/mol. The second-order valence-electron chi connectivity index (χ2n) is 6.63. The number of nitrogens with one attached hydrogen (secondary N) is 1. The molecule has 148 valence electrons. The summed E-state index contributed by atoms with van der Waals surface area (Å²) in [6.07, 6.45) is 1.46. The van der Waals surface area contributed by atoms with Gasteiger partial charge in [-0.05, 0) is 24.3 Å². The van der Waals surface area contributed by atoms with E-state index in [1.165, 1.54) is 20.5 Å². The van der Waals surface area contributed by atoms with E-state index in [-0.39, 0.29) is 5.04 Å². The van der Waals surface area contributed by atoms with Crippen molar-refractivity contribution in [2.45, 2.75) is 11.2 Å². The number of amides is 2. The molecule has 1 aromatic carbocycles. The smallest absolute Gasteiger partial charge is 0.248 e. The van der Waals surface area contributed by atoms with Crippen LogP contribution in [0.3, 0.4) is 0 Å². The summed E-state index contributed by atoms with van der Waals surface area (Å²) < 4.78 is 16.0. The average molecular weight is 411 g/mol. The van der Waals surface area contributed by atoms with Crippen LogP contribution in [0.15, 0.2) is 41.0 Å². The molecule has 2 aliphatic rings. The van der Waals surface area contributed by atoms with Crippen molar-refractivity contribution in [2.75, 3.05) is 19.1 Å². The van der Waals surface area contributed by atoms with Gasteiger partial charge >= 0.3 is 0 Å². The Morgan fingerprint density at radius 2 is 1.90 bits per heavy atom. The van der Waals surface area contributed by atoms with Gasteiger partial charge in [-0.3, -0.25) is 15.0 Å². The highest BCUT2D eigenvalue weighted by molar-refractivity contribution is 8.15. The van der Waals surface area contributed by atoms with Gasteiger partial charge in [-0.15, -0.1) is 0 Å². The number of furan rings is 1. The fourth-order valence-corrected chi connectivity index (χ4v) is 5.15. The molecule has 1 aromatic heterocycles. The van der Waals surface area contributed by atoms with Gasteiger partial charge in [0.1, 0.15) is 16.9 Å². The number of nitriles is 1. The van der Waals surface area contributed by atoms with Crippen molar-refractivity contribution in [2.24, 2.45) is 11.8 Å². The van der Waals surface area contributed by atoms with E-state index >= 15 is 0 Å². The molecule has 3 heterocycles. The summed E-state index contributed by atoms with van der Waals surface area (Å²) in [7, 11) is 2.97. The molecular formula is C20H17N3O5S. The Balaban J connectivity index is 1.78. The Labute approximate surface area is 170 Å². The van der Waals surface area contributed by atoms with Gasteiger partial charge in [-0.25, -0.2) is 4.90 Å². The van der Waals surface area contributed by atoms with Crippen molar-refractivity contribution in [1.82, 2.24) is 0 Å². The van der Waals surface area contributed by atoms with Gasteiger partial charge < -0.3 is 13.9 Å². The quantitative estimate of drug-likeness (QED) is 0.769. The highest BCUT2D eigenvalue weighted by Crippen LogP contribution is 2.51. The number of benzene rings is 1. The Morgan fingerprint density at radius 3 is 2.52 bits per heavy atom. The molecule has 1 N–H and O–H groups in total. The van der Waals surface area contributed by atoms with Crippen LogP contribution in [-0.2, 0) is 9.59 Å². The predicted molar refractivity (Wildman–Crippen MR) is 105 cm³/mol. The summed E-state index contributed by atoms with van der Waals surface area (Å²) >= 11 is 0.970.